The van der Waals surface area contributed by atoms with Crippen LogP contribution in [0.25, 0.3) is 5.69 Å². The molecule has 0 spiro atoms. The zero-order valence-electron chi connectivity index (χ0n) is 17.9. The number of alkyl halides is 3. The van der Waals surface area contributed by atoms with Gasteiger partial charge in [-0.25, -0.2) is 14.3 Å². The molecule has 180 valence electrons. The van der Waals surface area contributed by atoms with E-state index in [-0.39, 0.29) is 23.2 Å². The first-order valence-electron chi connectivity index (χ1n) is 10.2. The maximum Gasteiger partial charge on any atom is 0.416 e. The van der Waals surface area contributed by atoms with Crippen molar-refractivity contribution in [1.29, 1.82) is 0 Å². The molecule has 0 radical (unpaired) electrons. The lowest BCUT2D eigenvalue weighted by atomic mass is 9.77. The topological polar surface area (TPSA) is 130 Å². The number of carboxylic acids is 3. The van der Waals surface area contributed by atoms with Crippen molar-refractivity contribution in [2.75, 3.05) is 0 Å². The highest BCUT2D eigenvalue weighted by atomic mass is 19.4. The number of allylic oxidation sites excluding steroid dienone is 2. The van der Waals surface area contributed by atoms with Gasteiger partial charge in [0, 0.05) is 11.8 Å². The van der Waals surface area contributed by atoms with Crippen LogP contribution in [0, 0.1) is 11.3 Å². The summed E-state index contributed by atoms with van der Waals surface area (Å²) in [5.41, 5.74) is -0.736. The Hall–Kier alpha value is -3.89. The highest BCUT2D eigenvalue weighted by Crippen LogP contribution is 2.44. The molecule has 0 amide bonds. The van der Waals surface area contributed by atoms with Crippen LogP contribution in [0.2, 0.25) is 0 Å². The zero-order valence-corrected chi connectivity index (χ0v) is 17.9. The second-order valence-electron chi connectivity index (χ2n) is 8.32. The molecule has 0 bridgehead atoms. The van der Waals surface area contributed by atoms with Gasteiger partial charge in [-0.3, -0.25) is 4.79 Å². The number of carboxylic acid groups (broad SMARTS) is 3. The van der Waals surface area contributed by atoms with Crippen LogP contribution in [0.5, 0.6) is 0 Å². The van der Waals surface area contributed by atoms with E-state index >= 15 is 0 Å². The summed E-state index contributed by atoms with van der Waals surface area (Å²) in [5.74, 6) is -2.79. The number of aliphatic carboxylic acids is 2. The van der Waals surface area contributed by atoms with Crippen LogP contribution in [-0.4, -0.2) is 43.0 Å². The molecule has 1 heterocycles. The van der Waals surface area contributed by atoms with Gasteiger partial charge in [0.15, 0.2) is 0 Å². The fourth-order valence-electron chi connectivity index (χ4n) is 3.43. The largest absolute Gasteiger partial charge is 0.481 e. The summed E-state index contributed by atoms with van der Waals surface area (Å²) in [6, 6.07) is 4.48. The van der Waals surface area contributed by atoms with Crippen LogP contribution < -0.4 is 0 Å². The van der Waals surface area contributed by atoms with Gasteiger partial charge in [-0.15, -0.1) is 0 Å². The van der Waals surface area contributed by atoms with Crippen molar-refractivity contribution in [1.82, 2.24) is 9.78 Å². The molecule has 2 aliphatic carbocycles. The first-order valence-corrected chi connectivity index (χ1v) is 10.2. The molecule has 1 atom stereocenters. The third-order valence-electron chi connectivity index (χ3n) is 5.46. The van der Waals surface area contributed by atoms with Crippen LogP contribution in [0.1, 0.15) is 42.1 Å². The lowest BCUT2D eigenvalue weighted by molar-refractivity contribution is -0.145. The van der Waals surface area contributed by atoms with Crippen molar-refractivity contribution in [2.24, 2.45) is 11.3 Å². The summed E-state index contributed by atoms with van der Waals surface area (Å²) in [6.45, 7) is 1.58. The molecule has 0 aliphatic heterocycles. The fourth-order valence-corrected chi connectivity index (χ4v) is 3.43. The van der Waals surface area contributed by atoms with Gasteiger partial charge in [-0.2, -0.15) is 18.3 Å². The van der Waals surface area contributed by atoms with E-state index in [4.69, 9.17) is 15.3 Å². The smallest absolute Gasteiger partial charge is 0.416 e. The summed E-state index contributed by atoms with van der Waals surface area (Å²) in [5, 5.41) is 30.5. The van der Waals surface area contributed by atoms with Crippen LogP contribution in [0.3, 0.4) is 0 Å². The number of aromatic nitrogens is 2. The number of nitrogens with zero attached hydrogens (tertiary/aromatic N) is 2. The minimum Gasteiger partial charge on any atom is -0.481 e. The average molecular weight is 478 g/mol. The lowest BCUT2D eigenvalue weighted by Gasteiger charge is -2.26. The fraction of sp³-hybridized carbons (Fsp3) is 0.304. The van der Waals surface area contributed by atoms with Crippen LogP contribution in [-0.2, 0) is 15.8 Å². The Labute approximate surface area is 191 Å². The number of hydrogen-bond acceptors (Lipinski definition) is 4. The molecule has 4 rings (SSSR count). The molecule has 1 aromatic carbocycles. The first kappa shape index (κ1) is 24.7. The molecule has 2 aromatic rings. The first-order chi connectivity index (χ1) is 15.8. The Bertz CT molecular complexity index is 1190. The third-order valence-corrected chi connectivity index (χ3v) is 5.46. The second-order valence-corrected chi connectivity index (χ2v) is 8.32. The highest BCUT2D eigenvalue weighted by Gasteiger charge is 2.39. The number of aromatic carboxylic acids is 1. The molecule has 1 saturated carbocycles. The SMILES string of the molecule is CC1(C(=O)O)C=C(C2CC2)C=C(C(=O)O)C1.O=C(O)c1cnn(-c2cccc(C(F)(F)F)c2)c1. The van der Waals surface area contributed by atoms with Gasteiger partial charge >= 0.3 is 24.1 Å². The summed E-state index contributed by atoms with van der Waals surface area (Å²) in [6.07, 6.45) is 3.27. The quantitative estimate of drug-likeness (QED) is 0.580. The lowest BCUT2D eigenvalue weighted by Crippen LogP contribution is -2.30. The Morgan fingerprint density at radius 3 is 2.29 bits per heavy atom. The molecule has 3 N–H and O–H groups in total. The van der Waals surface area contributed by atoms with Crippen molar-refractivity contribution in [3.05, 3.63) is 71.1 Å². The Balaban J connectivity index is 0.000000192. The van der Waals surface area contributed by atoms with Crippen LogP contribution in [0.4, 0.5) is 13.2 Å². The summed E-state index contributed by atoms with van der Waals surface area (Å²) in [4.78, 5) is 32.8. The normalized spacial score (nSPS) is 19.9. The van der Waals surface area contributed by atoms with Crippen LogP contribution >= 0.6 is 0 Å². The molecule has 1 aromatic heterocycles. The molecule has 0 saturated heterocycles. The maximum absolute atomic E-state index is 12.5. The standard InChI is InChI=1S/C12H14O4.C11H7F3N2O2/c1-12(11(15)16)5-8(7-2-3-7)4-9(6-12)10(13)14;12-11(13,14)8-2-1-3-9(4-8)16-6-7(5-15-16)10(17)18/h4-5,7H,2-3,6H2,1H3,(H,13,14)(H,15,16);1-6H,(H,17,18). The Kier molecular flexibility index (Phi) is 6.67. The van der Waals surface area contributed by atoms with Crippen molar-refractivity contribution in [3.8, 4) is 5.69 Å². The van der Waals surface area contributed by atoms with E-state index in [1.165, 1.54) is 12.1 Å². The molecular weight excluding hydrogens is 457 g/mol. The van der Waals surface area contributed by atoms with E-state index in [9.17, 15) is 27.6 Å². The van der Waals surface area contributed by atoms with E-state index in [2.05, 4.69) is 5.10 Å². The summed E-state index contributed by atoms with van der Waals surface area (Å²) in [7, 11) is 0. The Morgan fingerprint density at radius 1 is 1.12 bits per heavy atom. The minimum absolute atomic E-state index is 0.0634. The monoisotopic (exact) mass is 478 g/mol. The molecule has 34 heavy (non-hydrogen) atoms. The van der Waals surface area contributed by atoms with Gasteiger partial charge in [-0.1, -0.05) is 12.1 Å². The predicted octanol–water partition coefficient (Wildman–Crippen LogP) is 4.42. The van der Waals surface area contributed by atoms with Crippen molar-refractivity contribution < 1.29 is 42.9 Å². The zero-order chi connectivity index (χ0) is 25.3. The highest BCUT2D eigenvalue weighted by molar-refractivity contribution is 5.90. The van der Waals surface area contributed by atoms with Crippen molar-refractivity contribution in [3.63, 3.8) is 0 Å². The maximum atomic E-state index is 12.5. The number of hydrogen-bond donors (Lipinski definition) is 3. The minimum atomic E-state index is -4.45. The van der Waals surface area contributed by atoms with E-state index < -0.39 is 35.1 Å². The van der Waals surface area contributed by atoms with E-state index in [0.29, 0.717) is 5.92 Å². The van der Waals surface area contributed by atoms with Gasteiger partial charge in [0.1, 0.15) is 0 Å². The molecule has 2 aliphatic rings. The molecule has 1 fully saturated rings. The van der Waals surface area contributed by atoms with E-state index in [0.717, 1.165) is 47.6 Å². The average Bonchev–Trinajstić information content (AvgIpc) is 3.49. The molecule has 11 heteroatoms. The van der Waals surface area contributed by atoms with Crippen molar-refractivity contribution >= 4 is 17.9 Å². The van der Waals surface area contributed by atoms with E-state index in [1.54, 1.807) is 19.1 Å². The molecule has 1 unspecified atom stereocenters. The van der Waals surface area contributed by atoms with Gasteiger partial charge < -0.3 is 15.3 Å². The summed E-state index contributed by atoms with van der Waals surface area (Å²) < 4.78 is 38.6. The molecule has 8 nitrogen and oxygen atoms in total. The number of rotatable bonds is 5. The molecular formula is C23H21F3N2O6. The number of carbonyl (C=O) groups is 3. The van der Waals surface area contributed by atoms with E-state index in [1.807, 2.05) is 0 Å². The van der Waals surface area contributed by atoms with Gasteiger partial charge in [0.05, 0.1) is 28.4 Å². The van der Waals surface area contributed by atoms with Crippen LogP contribution in [0.15, 0.2) is 60.0 Å². The van der Waals surface area contributed by atoms with Gasteiger partial charge in [0.25, 0.3) is 0 Å². The van der Waals surface area contributed by atoms with Crippen molar-refractivity contribution in [2.45, 2.75) is 32.4 Å². The van der Waals surface area contributed by atoms with Gasteiger partial charge in [0.2, 0.25) is 0 Å². The predicted molar refractivity (Wildman–Crippen MR) is 112 cm³/mol. The number of halogens is 3. The summed E-state index contributed by atoms with van der Waals surface area (Å²) >= 11 is 0. The number of benzene rings is 1. The second kappa shape index (κ2) is 9.16. The Morgan fingerprint density at radius 2 is 1.79 bits per heavy atom. The van der Waals surface area contributed by atoms with Gasteiger partial charge in [-0.05, 0) is 62.0 Å². The third kappa shape index (κ3) is 5.72.